The van der Waals surface area contributed by atoms with Gasteiger partial charge in [0.05, 0.1) is 17.6 Å². The molecule has 2 heterocycles. The molecule has 1 aliphatic heterocycles. The molecule has 0 saturated carbocycles. The van der Waals surface area contributed by atoms with E-state index in [4.69, 9.17) is 12.2 Å². The molecule has 0 radical (unpaired) electrons. The van der Waals surface area contributed by atoms with Crippen LogP contribution in [0.4, 0.5) is 0 Å². The van der Waals surface area contributed by atoms with Crippen LogP contribution in [0, 0.1) is 12.8 Å². The molecule has 0 bridgehead atoms. The predicted molar refractivity (Wildman–Crippen MR) is 109 cm³/mol. The molecule has 2 aromatic rings. The first-order chi connectivity index (χ1) is 13.0. The monoisotopic (exact) mass is 385 g/mol. The van der Waals surface area contributed by atoms with E-state index < -0.39 is 5.92 Å². The van der Waals surface area contributed by atoms with Crippen molar-refractivity contribution in [2.24, 2.45) is 10.9 Å². The Bertz CT molecular complexity index is 894. The van der Waals surface area contributed by atoms with Gasteiger partial charge in [-0.15, -0.1) is 0 Å². The summed E-state index contributed by atoms with van der Waals surface area (Å²) in [6.45, 7) is 7.60. The van der Waals surface area contributed by atoms with Crippen molar-refractivity contribution >= 4 is 46.4 Å². The summed E-state index contributed by atoms with van der Waals surface area (Å²) in [7, 11) is 0. The number of carbonyl (C=O) groups is 2. The number of aliphatic imine (C=N–C) groups is 1. The first kappa shape index (κ1) is 19.2. The molecule has 1 aromatic carbocycles. The van der Waals surface area contributed by atoms with Gasteiger partial charge < -0.3 is 4.57 Å². The number of aryl methyl sites for hydroxylation is 1. The predicted octanol–water partition coefficient (Wildman–Crippen LogP) is 2.03. The molecule has 1 aromatic heterocycles. The Kier molecular flexibility index (Phi) is 5.65. The summed E-state index contributed by atoms with van der Waals surface area (Å²) in [4.78, 5) is 37.0. The van der Waals surface area contributed by atoms with Gasteiger partial charge in [-0.05, 0) is 45.1 Å². The van der Waals surface area contributed by atoms with Crippen molar-refractivity contribution in [2.45, 2.75) is 27.3 Å². The maximum absolute atomic E-state index is 12.6. The molecular weight excluding hydrogens is 362 g/mol. The third-order valence-electron chi connectivity index (χ3n) is 4.71. The van der Waals surface area contributed by atoms with E-state index in [2.05, 4.69) is 14.5 Å². The van der Waals surface area contributed by atoms with Crippen LogP contribution in [0.25, 0.3) is 11.0 Å². The summed E-state index contributed by atoms with van der Waals surface area (Å²) in [5.74, 6) is -0.594. The SMILES string of the molecule is CCN1C(=O)C(C=NCCn2c(C)nc3ccccc32)C(=O)N(CC)C1=S. The maximum Gasteiger partial charge on any atom is 0.246 e. The summed E-state index contributed by atoms with van der Waals surface area (Å²) < 4.78 is 2.09. The molecule has 27 heavy (non-hydrogen) atoms. The number of rotatable bonds is 6. The Hall–Kier alpha value is -2.61. The number of hydrogen-bond donors (Lipinski definition) is 0. The van der Waals surface area contributed by atoms with Crippen LogP contribution in [0.3, 0.4) is 0 Å². The fourth-order valence-electron chi connectivity index (χ4n) is 3.30. The maximum atomic E-state index is 12.6. The average Bonchev–Trinajstić information content (AvgIpc) is 2.97. The Morgan fingerprint density at radius 1 is 1.15 bits per heavy atom. The highest BCUT2D eigenvalue weighted by Crippen LogP contribution is 2.17. The first-order valence-corrected chi connectivity index (χ1v) is 9.48. The smallest absolute Gasteiger partial charge is 0.246 e. The van der Waals surface area contributed by atoms with Crippen molar-refractivity contribution in [1.82, 2.24) is 19.4 Å². The van der Waals surface area contributed by atoms with Crippen LogP contribution >= 0.6 is 12.2 Å². The summed E-state index contributed by atoms with van der Waals surface area (Å²) in [6.07, 6.45) is 1.46. The number of hydrogen-bond acceptors (Lipinski definition) is 5. The molecule has 1 aliphatic rings. The summed E-state index contributed by atoms with van der Waals surface area (Å²) in [6, 6.07) is 7.93. The van der Waals surface area contributed by atoms with Gasteiger partial charge in [-0.25, -0.2) is 4.98 Å². The molecule has 3 rings (SSSR count). The lowest BCUT2D eigenvalue weighted by molar-refractivity contribution is -0.143. The van der Waals surface area contributed by atoms with Gasteiger partial charge in [0.2, 0.25) is 11.8 Å². The first-order valence-electron chi connectivity index (χ1n) is 9.08. The number of amides is 2. The second kappa shape index (κ2) is 7.96. The van der Waals surface area contributed by atoms with E-state index in [1.54, 1.807) is 0 Å². The van der Waals surface area contributed by atoms with Crippen LogP contribution in [-0.2, 0) is 16.1 Å². The highest BCUT2D eigenvalue weighted by molar-refractivity contribution is 7.80. The molecule has 1 fully saturated rings. The van der Waals surface area contributed by atoms with Crippen LogP contribution in [0.1, 0.15) is 19.7 Å². The van der Waals surface area contributed by atoms with Gasteiger partial charge >= 0.3 is 0 Å². The standard InChI is InChI=1S/C19H23N5O2S/c1-4-22-17(25)14(18(26)23(5-2)19(22)27)12-20-10-11-24-13(3)21-15-8-6-7-9-16(15)24/h6-9,12,14H,4-5,10-11H2,1-3H3. The zero-order chi connectivity index (χ0) is 19.6. The molecule has 0 N–H and O–H groups in total. The summed E-state index contributed by atoms with van der Waals surface area (Å²) in [5.41, 5.74) is 2.00. The van der Waals surface area contributed by atoms with E-state index in [0.717, 1.165) is 16.9 Å². The zero-order valence-electron chi connectivity index (χ0n) is 15.8. The van der Waals surface area contributed by atoms with Gasteiger partial charge in [0, 0.05) is 25.8 Å². The molecule has 7 nitrogen and oxygen atoms in total. The molecule has 0 aliphatic carbocycles. The lowest BCUT2D eigenvalue weighted by Gasteiger charge is -2.37. The van der Waals surface area contributed by atoms with Gasteiger partial charge in [-0.3, -0.25) is 24.4 Å². The van der Waals surface area contributed by atoms with Crippen LogP contribution in [0.15, 0.2) is 29.3 Å². The van der Waals surface area contributed by atoms with Crippen LogP contribution in [0.2, 0.25) is 0 Å². The Morgan fingerprint density at radius 2 is 1.78 bits per heavy atom. The van der Waals surface area contributed by atoms with Crippen LogP contribution in [-0.4, -0.2) is 62.1 Å². The van der Waals surface area contributed by atoms with E-state index in [1.807, 2.05) is 45.0 Å². The number of aromatic nitrogens is 2. The van der Waals surface area contributed by atoms with Crippen LogP contribution in [0.5, 0.6) is 0 Å². The van der Waals surface area contributed by atoms with Gasteiger partial charge in [0.15, 0.2) is 11.0 Å². The Balaban J connectivity index is 1.73. The van der Waals surface area contributed by atoms with Crippen molar-refractivity contribution in [1.29, 1.82) is 0 Å². The number of fused-ring (bicyclic) bond motifs is 1. The number of carbonyl (C=O) groups excluding carboxylic acids is 2. The molecule has 142 valence electrons. The molecule has 0 unspecified atom stereocenters. The minimum absolute atomic E-state index is 0.278. The normalized spacial score (nSPS) is 16.3. The number of nitrogens with zero attached hydrogens (tertiary/aromatic N) is 5. The fourth-order valence-corrected chi connectivity index (χ4v) is 3.74. The van der Waals surface area contributed by atoms with Crippen molar-refractivity contribution in [3.8, 4) is 0 Å². The number of imidazole rings is 1. The molecule has 1 saturated heterocycles. The average molecular weight is 385 g/mol. The third-order valence-corrected chi connectivity index (χ3v) is 5.15. The van der Waals surface area contributed by atoms with Gasteiger partial charge in [-0.2, -0.15) is 0 Å². The topological polar surface area (TPSA) is 70.8 Å². The summed E-state index contributed by atoms with van der Waals surface area (Å²) in [5, 5.41) is 0.278. The minimum Gasteiger partial charge on any atom is -0.326 e. The number of benzene rings is 1. The number of para-hydroxylation sites is 2. The van der Waals surface area contributed by atoms with Gasteiger partial charge in [0.25, 0.3) is 0 Å². The van der Waals surface area contributed by atoms with E-state index in [1.165, 1.54) is 16.0 Å². The quantitative estimate of drug-likeness (QED) is 0.433. The fraction of sp³-hybridized carbons (Fsp3) is 0.421. The highest BCUT2D eigenvalue weighted by atomic mass is 32.1. The highest BCUT2D eigenvalue weighted by Gasteiger charge is 2.41. The largest absolute Gasteiger partial charge is 0.326 e. The molecule has 0 spiro atoms. The van der Waals surface area contributed by atoms with Crippen molar-refractivity contribution in [3.63, 3.8) is 0 Å². The summed E-state index contributed by atoms with van der Waals surface area (Å²) >= 11 is 5.26. The third kappa shape index (κ3) is 3.49. The van der Waals surface area contributed by atoms with E-state index in [9.17, 15) is 9.59 Å². The Labute approximate surface area is 163 Å². The van der Waals surface area contributed by atoms with E-state index in [0.29, 0.717) is 26.2 Å². The van der Waals surface area contributed by atoms with Crippen molar-refractivity contribution in [2.75, 3.05) is 19.6 Å². The second-order valence-electron chi connectivity index (χ2n) is 6.28. The molecular formula is C19H23N5O2S. The zero-order valence-corrected chi connectivity index (χ0v) is 16.6. The van der Waals surface area contributed by atoms with Gasteiger partial charge in [0.1, 0.15) is 5.82 Å². The van der Waals surface area contributed by atoms with Crippen LogP contribution < -0.4 is 0 Å². The number of thiocarbonyl (C=S) groups is 1. The molecule has 8 heteroatoms. The lowest BCUT2D eigenvalue weighted by atomic mass is 10.1. The van der Waals surface area contributed by atoms with Crippen molar-refractivity contribution < 1.29 is 9.59 Å². The van der Waals surface area contributed by atoms with Gasteiger partial charge in [-0.1, -0.05) is 12.1 Å². The van der Waals surface area contributed by atoms with E-state index in [-0.39, 0.29) is 16.9 Å². The Morgan fingerprint density at radius 3 is 2.41 bits per heavy atom. The molecule has 0 atom stereocenters. The minimum atomic E-state index is -0.905. The molecule has 2 amide bonds. The van der Waals surface area contributed by atoms with Crippen molar-refractivity contribution in [3.05, 3.63) is 30.1 Å². The second-order valence-corrected chi connectivity index (χ2v) is 6.65. The lowest BCUT2D eigenvalue weighted by Crippen LogP contribution is -2.59. The van der Waals surface area contributed by atoms with E-state index >= 15 is 0 Å².